The second-order valence-electron chi connectivity index (χ2n) is 9.78. The maximum Gasteiger partial charge on any atom is 0.308 e. The number of rotatable bonds is 7. The van der Waals surface area contributed by atoms with E-state index in [2.05, 4.69) is 5.32 Å². The molecular weight excluding hydrogens is 599 g/mol. The lowest BCUT2D eigenvalue weighted by molar-refractivity contribution is -0.384. The number of aromatic nitrogens is 1. The monoisotopic (exact) mass is 620 g/mol. The molecule has 0 aliphatic carbocycles. The molecule has 1 aromatic heterocycles. The number of ether oxygens (including phenoxy) is 1. The molecule has 0 saturated carbocycles. The molecule has 3 atom stereocenters. The third-order valence-electron chi connectivity index (χ3n) is 7.27. The Bertz CT molecular complexity index is 1820. The van der Waals surface area contributed by atoms with Gasteiger partial charge in [0.05, 0.1) is 28.7 Å². The Morgan fingerprint density at radius 2 is 1.67 bits per heavy atom. The van der Waals surface area contributed by atoms with Gasteiger partial charge in [-0.1, -0.05) is 35.2 Å². The SMILES string of the molecule is COc1ccc(NC(=O)Cn2c3c(sc2=O)[C@H](c2ccc(F)cc2)C2C(=O)N(c4ccc([N+](=O)[O-])cc4)C(=O)C2S3)cc1. The van der Waals surface area contributed by atoms with E-state index in [1.54, 1.807) is 24.3 Å². The number of fused-ring (bicyclic) bond motifs is 2. The number of nitro groups is 1. The summed E-state index contributed by atoms with van der Waals surface area (Å²) in [7, 11) is 1.52. The Hall–Kier alpha value is -4.82. The van der Waals surface area contributed by atoms with Crippen LogP contribution in [0, 0.1) is 21.8 Å². The number of nitro benzene ring substituents is 1. The summed E-state index contributed by atoms with van der Waals surface area (Å²) in [6.07, 6.45) is 0. The van der Waals surface area contributed by atoms with Gasteiger partial charge in [-0.05, 0) is 54.1 Å². The van der Waals surface area contributed by atoms with Crippen molar-refractivity contribution in [2.45, 2.75) is 22.7 Å². The summed E-state index contributed by atoms with van der Waals surface area (Å²) in [6, 6.07) is 17.2. The van der Waals surface area contributed by atoms with Gasteiger partial charge in [0.25, 0.3) is 5.69 Å². The number of benzene rings is 3. The van der Waals surface area contributed by atoms with Crippen LogP contribution in [0.15, 0.2) is 82.6 Å². The highest BCUT2D eigenvalue weighted by atomic mass is 32.2. The first-order valence-corrected chi connectivity index (χ1v) is 14.6. The van der Waals surface area contributed by atoms with Crippen molar-refractivity contribution in [1.82, 2.24) is 4.57 Å². The van der Waals surface area contributed by atoms with Crippen molar-refractivity contribution >= 4 is 57.9 Å². The highest BCUT2D eigenvalue weighted by molar-refractivity contribution is 8.00. The maximum atomic E-state index is 13.9. The zero-order valence-electron chi connectivity index (χ0n) is 22.3. The Kier molecular flexibility index (Phi) is 7.31. The van der Waals surface area contributed by atoms with Gasteiger partial charge >= 0.3 is 4.87 Å². The third-order valence-corrected chi connectivity index (χ3v) is 9.88. The fourth-order valence-corrected chi connectivity index (χ4v) is 8.05. The van der Waals surface area contributed by atoms with Crippen LogP contribution in [0.1, 0.15) is 16.4 Å². The summed E-state index contributed by atoms with van der Waals surface area (Å²) in [5, 5.41) is 13.3. The van der Waals surface area contributed by atoms with Gasteiger partial charge < -0.3 is 10.1 Å². The molecule has 1 fully saturated rings. The van der Waals surface area contributed by atoms with E-state index in [1.807, 2.05) is 0 Å². The molecule has 1 saturated heterocycles. The van der Waals surface area contributed by atoms with Crippen LogP contribution in [0.25, 0.3) is 0 Å². The summed E-state index contributed by atoms with van der Waals surface area (Å²) >= 11 is 1.90. The highest BCUT2D eigenvalue weighted by Crippen LogP contribution is 2.53. The maximum absolute atomic E-state index is 13.9. The van der Waals surface area contributed by atoms with Gasteiger partial charge in [0.2, 0.25) is 17.7 Å². The smallest absolute Gasteiger partial charge is 0.308 e. The van der Waals surface area contributed by atoms with Crippen molar-refractivity contribution < 1.29 is 28.4 Å². The number of amides is 3. The molecule has 218 valence electrons. The molecule has 0 spiro atoms. The summed E-state index contributed by atoms with van der Waals surface area (Å²) in [5.41, 5.74) is 1.00. The van der Waals surface area contributed by atoms with Crippen molar-refractivity contribution in [3.63, 3.8) is 0 Å². The number of nitrogens with zero attached hydrogens (tertiary/aromatic N) is 3. The van der Waals surface area contributed by atoms with E-state index in [1.165, 1.54) is 60.2 Å². The topological polar surface area (TPSA) is 141 Å². The van der Waals surface area contributed by atoms with E-state index in [4.69, 9.17) is 4.74 Å². The number of anilines is 2. The van der Waals surface area contributed by atoms with Crippen LogP contribution in [0.3, 0.4) is 0 Å². The molecule has 3 aromatic carbocycles. The number of hydrogen-bond donors (Lipinski definition) is 1. The van der Waals surface area contributed by atoms with Crippen molar-refractivity contribution in [2.24, 2.45) is 5.92 Å². The van der Waals surface area contributed by atoms with Gasteiger partial charge in [-0.15, -0.1) is 0 Å². The van der Waals surface area contributed by atoms with Crippen LogP contribution < -0.4 is 19.8 Å². The van der Waals surface area contributed by atoms with Crippen molar-refractivity contribution in [2.75, 3.05) is 17.3 Å². The van der Waals surface area contributed by atoms with E-state index in [-0.39, 0.29) is 17.9 Å². The Morgan fingerprint density at radius 3 is 2.30 bits per heavy atom. The Labute approximate surface area is 251 Å². The van der Waals surface area contributed by atoms with Gasteiger partial charge in [-0.25, -0.2) is 9.29 Å². The largest absolute Gasteiger partial charge is 0.497 e. The summed E-state index contributed by atoms with van der Waals surface area (Å²) in [4.78, 5) is 65.5. The van der Waals surface area contributed by atoms with Gasteiger partial charge in [0.15, 0.2) is 0 Å². The van der Waals surface area contributed by atoms with Crippen LogP contribution in [-0.4, -0.2) is 39.6 Å². The lowest BCUT2D eigenvalue weighted by Gasteiger charge is -2.30. The predicted octanol–water partition coefficient (Wildman–Crippen LogP) is 4.40. The first kappa shape index (κ1) is 28.3. The van der Waals surface area contributed by atoms with Crippen molar-refractivity contribution in [3.05, 3.63) is 109 Å². The fourth-order valence-electron chi connectivity index (χ4n) is 5.28. The molecule has 14 heteroatoms. The number of thiazole rings is 1. The number of hydrogen-bond acceptors (Lipinski definition) is 9. The summed E-state index contributed by atoms with van der Waals surface area (Å²) in [6.45, 7) is -0.342. The molecule has 2 aliphatic rings. The molecule has 1 N–H and O–H groups in total. The highest BCUT2D eigenvalue weighted by Gasteiger charge is 2.56. The van der Waals surface area contributed by atoms with Gasteiger partial charge in [0.1, 0.15) is 23.4 Å². The first-order chi connectivity index (χ1) is 20.7. The Morgan fingerprint density at radius 1 is 1.00 bits per heavy atom. The normalized spacial score (nSPS) is 19.1. The average molecular weight is 621 g/mol. The van der Waals surface area contributed by atoms with E-state index in [0.717, 1.165) is 28.0 Å². The van der Waals surface area contributed by atoms with Crippen LogP contribution in [0.2, 0.25) is 0 Å². The molecule has 4 aromatic rings. The predicted molar refractivity (Wildman–Crippen MR) is 157 cm³/mol. The second kappa shape index (κ2) is 11.1. The lowest BCUT2D eigenvalue weighted by Crippen LogP contribution is -2.33. The molecular formula is C29H21FN4O7S2. The minimum atomic E-state index is -0.963. The number of non-ortho nitro benzene ring substituents is 1. The van der Waals surface area contributed by atoms with Crippen LogP contribution >= 0.6 is 23.1 Å². The molecule has 6 rings (SSSR count). The van der Waals surface area contributed by atoms with E-state index < -0.39 is 50.4 Å². The van der Waals surface area contributed by atoms with Crippen molar-refractivity contribution in [3.8, 4) is 5.75 Å². The van der Waals surface area contributed by atoms with Gasteiger partial charge in [0, 0.05) is 28.6 Å². The number of halogens is 1. The molecule has 2 aliphatic heterocycles. The quantitative estimate of drug-likeness (QED) is 0.182. The van der Waals surface area contributed by atoms with E-state index >= 15 is 0 Å². The van der Waals surface area contributed by atoms with Gasteiger partial charge in [-0.2, -0.15) is 0 Å². The van der Waals surface area contributed by atoms with Crippen molar-refractivity contribution in [1.29, 1.82) is 0 Å². The molecule has 3 heterocycles. The number of imide groups is 1. The number of thioether (sulfide) groups is 1. The first-order valence-electron chi connectivity index (χ1n) is 12.9. The van der Waals surface area contributed by atoms with Gasteiger partial charge in [-0.3, -0.25) is 33.9 Å². The molecule has 43 heavy (non-hydrogen) atoms. The van der Waals surface area contributed by atoms with E-state index in [0.29, 0.717) is 26.9 Å². The van der Waals surface area contributed by atoms with Crippen LogP contribution in [0.5, 0.6) is 5.75 Å². The minimum Gasteiger partial charge on any atom is -0.497 e. The Balaban J connectivity index is 1.37. The standard InChI is InChI=1S/C29H21FN4O7S2/c1-41-20-12-6-17(7-13-20)31-21(35)14-32-28-25(43-29(32)38)22(15-2-4-16(30)5-3-15)23-24(42-28)27(37)33(26(23)36)18-8-10-19(11-9-18)34(39)40/h2-13,22-24H,14H2,1H3,(H,31,35)/t22-,23?,24?/m1/s1. The average Bonchev–Trinajstić information content (AvgIpc) is 3.44. The lowest BCUT2D eigenvalue weighted by atomic mass is 9.83. The van der Waals surface area contributed by atoms with E-state index in [9.17, 15) is 33.7 Å². The summed E-state index contributed by atoms with van der Waals surface area (Å²) < 4.78 is 20.3. The fraction of sp³-hybridized carbons (Fsp3) is 0.172. The minimum absolute atomic E-state index is 0.174. The number of nitrogens with one attached hydrogen (secondary N) is 1. The second-order valence-corrected chi connectivity index (χ2v) is 11.9. The number of carbonyl (C=O) groups is 3. The number of methoxy groups -OCH3 is 1. The summed E-state index contributed by atoms with van der Waals surface area (Å²) in [5.74, 6) is -3.17. The molecule has 3 amide bonds. The molecule has 2 unspecified atom stereocenters. The molecule has 11 nitrogen and oxygen atoms in total. The molecule has 0 bridgehead atoms. The van der Waals surface area contributed by atoms with Crippen LogP contribution in [0.4, 0.5) is 21.5 Å². The zero-order chi connectivity index (χ0) is 30.4. The van der Waals surface area contributed by atoms with Crippen LogP contribution in [-0.2, 0) is 20.9 Å². The number of carbonyl (C=O) groups excluding carboxylic acids is 3. The molecule has 0 radical (unpaired) electrons. The zero-order valence-corrected chi connectivity index (χ0v) is 23.9. The third kappa shape index (κ3) is 5.08.